The molecule has 0 fully saturated rings. The second-order valence-corrected chi connectivity index (χ2v) is 4.58. The molecule has 2 N–H and O–H groups in total. The summed E-state index contributed by atoms with van der Waals surface area (Å²) in [6, 6.07) is 3.02. The monoisotopic (exact) mass is 346 g/mol. The normalized spacial score (nSPS) is 9.90. The van der Waals surface area contributed by atoms with E-state index in [1.807, 2.05) is 6.92 Å². The zero-order valence-electron chi connectivity index (χ0n) is 10.9. The van der Waals surface area contributed by atoms with Crippen LogP contribution in [0.4, 0.5) is 0 Å². The lowest BCUT2D eigenvalue weighted by atomic mass is 10.4. The van der Waals surface area contributed by atoms with E-state index in [4.69, 9.17) is 4.42 Å². The number of furan rings is 1. The quantitative estimate of drug-likeness (QED) is 0.713. The number of carbonyl (C=O) groups excluding carboxylic acids is 3. The third-order valence-electron chi connectivity index (χ3n) is 2.13. The predicted octanol–water partition coefficient (Wildman–Crippen LogP) is 0.841. The molecule has 0 bridgehead atoms. The molecular weight excluding hydrogens is 332 g/mol. The second-order valence-electron chi connectivity index (χ2n) is 3.80. The van der Waals surface area contributed by atoms with Crippen molar-refractivity contribution in [3.8, 4) is 0 Å². The number of rotatable bonds is 7. The molecule has 1 aromatic rings. The smallest absolute Gasteiger partial charge is 0.325 e. The maximum absolute atomic E-state index is 11.5. The highest BCUT2D eigenvalue weighted by atomic mass is 79.9. The Morgan fingerprint density at radius 1 is 1.30 bits per heavy atom. The Balaban J connectivity index is 2.23. The molecule has 110 valence electrons. The molecule has 0 spiro atoms. The molecule has 1 heterocycles. The molecule has 2 amide bonds. The standard InChI is InChI=1S/C12H15BrN2O5/c1-2-5-14-10(16)7-19-11(17)6-15-12(18)8-3-4-9(13)20-8/h3-4H,2,5-7H2,1H3,(H,14,16)(H,15,18). The van der Waals surface area contributed by atoms with E-state index < -0.39 is 11.9 Å². The number of carbonyl (C=O) groups is 3. The molecule has 8 heteroatoms. The Labute approximate surface area is 124 Å². The summed E-state index contributed by atoms with van der Waals surface area (Å²) in [6.07, 6.45) is 0.800. The summed E-state index contributed by atoms with van der Waals surface area (Å²) in [4.78, 5) is 34.0. The molecular formula is C12H15BrN2O5. The van der Waals surface area contributed by atoms with Gasteiger partial charge in [-0.05, 0) is 34.5 Å². The van der Waals surface area contributed by atoms with Gasteiger partial charge in [-0.1, -0.05) is 6.92 Å². The Bertz CT molecular complexity index is 486. The predicted molar refractivity (Wildman–Crippen MR) is 73.0 cm³/mol. The van der Waals surface area contributed by atoms with Crippen molar-refractivity contribution in [1.29, 1.82) is 0 Å². The first-order valence-corrected chi connectivity index (χ1v) is 6.78. The third kappa shape index (κ3) is 5.87. The number of halogens is 1. The van der Waals surface area contributed by atoms with Crippen molar-refractivity contribution in [2.75, 3.05) is 19.7 Å². The van der Waals surface area contributed by atoms with E-state index in [1.165, 1.54) is 6.07 Å². The van der Waals surface area contributed by atoms with Gasteiger partial charge in [-0.2, -0.15) is 0 Å². The first-order chi connectivity index (χ1) is 9.52. The molecule has 1 rings (SSSR count). The van der Waals surface area contributed by atoms with Gasteiger partial charge >= 0.3 is 5.97 Å². The van der Waals surface area contributed by atoms with Crippen LogP contribution in [0.3, 0.4) is 0 Å². The molecule has 20 heavy (non-hydrogen) atoms. The van der Waals surface area contributed by atoms with Crippen LogP contribution in [-0.4, -0.2) is 37.5 Å². The summed E-state index contributed by atoms with van der Waals surface area (Å²) >= 11 is 3.06. The maximum atomic E-state index is 11.5. The summed E-state index contributed by atoms with van der Waals surface area (Å²) in [5.41, 5.74) is 0. The SMILES string of the molecule is CCCNC(=O)COC(=O)CNC(=O)c1ccc(Br)o1. The maximum Gasteiger partial charge on any atom is 0.325 e. The Morgan fingerprint density at radius 2 is 2.05 bits per heavy atom. The second kappa shape index (κ2) is 8.36. The fourth-order valence-electron chi connectivity index (χ4n) is 1.19. The molecule has 0 saturated carbocycles. The minimum absolute atomic E-state index is 0.0744. The van der Waals surface area contributed by atoms with Crippen LogP contribution < -0.4 is 10.6 Å². The summed E-state index contributed by atoms with van der Waals surface area (Å²) in [7, 11) is 0. The first kappa shape index (κ1) is 16.2. The lowest BCUT2D eigenvalue weighted by Gasteiger charge is -2.06. The van der Waals surface area contributed by atoms with Crippen molar-refractivity contribution < 1.29 is 23.5 Å². The number of nitrogens with one attached hydrogen (secondary N) is 2. The van der Waals surface area contributed by atoms with Crippen LogP contribution in [0.5, 0.6) is 0 Å². The molecule has 0 aliphatic carbocycles. The topological polar surface area (TPSA) is 97.6 Å². The zero-order valence-corrected chi connectivity index (χ0v) is 12.5. The minimum atomic E-state index is -0.698. The number of hydrogen-bond acceptors (Lipinski definition) is 5. The van der Waals surface area contributed by atoms with Gasteiger partial charge in [0.05, 0.1) is 0 Å². The fraction of sp³-hybridized carbons (Fsp3) is 0.417. The molecule has 0 saturated heterocycles. The minimum Gasteiger partial charge on any atom is -0.454 e. The van der Waals surface area contributed by atoms with Gasteiger partial charge in [0, 0.05) is 6.54 Å². The molecule has 0 unspecified atom stereocenters. The van der Waals surface area contributed by atoms with Gasteiger partial charge in [-0.25, -0.2) is 0 Å². The Morgan fingerprint density at radius 3 is 2.65 bits per heavy atom. The van der Waals surface area contributed by atoms with Crippen LogP contribution in [0.25, 0.3) is 0 Å². The molecule has 0 aliphatic heterocycles. The van der Waals surface area contributed by atoms with Crippen LogP contribution in [0.15, 0.2) is 21.2 Å². The third-order valence-corrected chi connectivity index (χ3v) is 2.55. The first-order valence-electron chi connectivity index (χ1n) is 5.98. The number of ether oxygens (including phenoxy) is 1. The Hall–Kier alpha value is -1.83. The molecule has 1 aromatic heterocycles. The lowest BCUT2D eigenvalue weighted by Crippen LogP contribution is -2.34. The van der Waals surface area contributed by atoms with Crippen molar-refractivity contribution in [2.24, 2.45) is 0 Å². The van der Waals surface area contributed by atoms with Crippen molar-refractivity contribution in [1.82, 2.24) is 10.6 Å². The van der Waals surface area contributed by atoms with Crippen molar-refractivity contribution in [3.05, 3.63) is 22.6 Å². The lowest BCUT2D eigenvalue weighted by molar-refractivity contribution is -0.147. The zero-order chi connectivity index (χ0) is 15.0. The van der Waals surface area contributed by atoms with E-state index >= 15 is 0 Å². The van der Waals surface area contributed by atoms with Crippen molar-refractivity contribution >= 4 is 33.7 Å². The summed E-state index contributed by atoms with van der Waals surface area (Å²) in [5.74, 6) is -1.54. The molecule has 0 atom stereocenters. The van der Waals surface area contributed by atoms with E-state index in [1.54, 1.807) is 6.07 Å². The van der Waals surface area contributed by atoms with E-state index in [-0.39, 0.29) is 24.8 Å². The molecule has 7 nitrogen and oxygen atoms in total. The van der Waals surface area contributed by atoms with Crippen LogP contribution in [0.1, 0.15) is 23.9 Å². The highest BCUT2D eigenvalue weighted by molar-refractivity contribution is 9.10. The van der Waals surface area contributed by atoms with Crippen LogP contribution in [-0.2, 0) is 14.3 Å². The van der Waals surface area contributed by atoms with Gasteiger partial charge in [0.25, 0.3) is 11.8 Å². The highest BCUT2D eigenvalue weighted by Crippen LogP contribution is 2.13. The van der Waals surface area contributed by atoms with Crippen LogP contribution in [0.2, 0.25) is 0 Å². The van der Waals surface area contributed by atoms with Gasteiger partial charge in [-0.15, -0.1) is 0 Å². The van der Waals surface area contributed by atoms with Gasteiger partial charge in [-0.3, -0.25) is 14.4 Å². The van der Waals surface area contributed by atoms with E-state index in [2.05, 4.69) is 31.3 Å². The average molecular weight is 347 g/mol. The summed E-state index contributed by atoms with van der Waals surface area (Å²) < 4.78 is 10.1. The summed E-state index contributed by atoms with van der Waals surface area (Å²) in [5, 5.41) is 4.88. The highest BCUT2D eigenvalue weighted by Gasteiger charge is 2.13. The Kier molecular flexibility index (Phi) is 6.78. The largest absolute Gasteiger partial charge is 0.454 e. The number of hydrogen-bond donors (Lipinski definition) is 2. The van der Waals surface area contributed by atoms with Crippen molar-refractivity contribution in [2.45, 2.75) is 13.3 Å². The van der Waals surface area contributed by atoms with Gasteiger partial charge in [0.2, 0.25) is 0 Å². The van der Waals surface area contributed by atoms with E-state index in [9.17, 15) is 14.4 Å². The van der Waals surface area contributed by atoms with Crippen LogP contribution >= 0.6 is 15.9 Å². The number of esters is 1. The molecule has 0 aliphatic rings. The van der Waals surface area contributed by atoms with E-state index in [0.29, 0.717) is 11.2 Å². The molecule has 0 aromatic carbocycles. The van der Waals surface area contributed by atoms with Gasteiger partial charge in [0.15, 0.2) is 17.0 Å². The number of amides is 2. The fourth-order valence-corrected chi connectivity index (χ4v) is 1.49. The average Bonchev–Trinajstić information content (AvgIpc) is 2.86. The summed E-state index contributed by atoms with van der Waals surface area (Å²) in [6.45, 7) is 1.74. The van der Waals surface area contributed by atoms with Crippen LogP contribution in [0, 0.1) is 0 Å². The molecule has 0 radical (unpaired) electrons. The van der Waals surface area contributed by atoms with Gasteiger partial charge < -0.3 is 19.8 Å². The van der Waals surface area contributed by atoms with Crippen molar-refractivity contribution in [3.63, 3.8) is 0 Å². The van der Waals surface area contributed by atoms with Gasteiger partial charge in [0.1, 0.15) is 6.54 Å². The van der Waals surface area contributed by atoms with E-state index in [0.717, 1.165) is 6.42 Å².